The highest BCUT2D eigenvalue weighted by Crippen LogP contribution is 2.30. The average molecular weight is 349 g/mol. The zero-order valence-corrected chi connectivity index (χ0v) is 15.2. The number of methoxy groups -OCH3 is 2. The topological polar surface area (TPSA) is 64.6 Å². The van der Waals surface area contributed by atoms with E-state index < -0.39 is 10.0 Å². The van der Waals surface area contributed by atoms with Gasteiger partial charge in [0.1, 0.15) is 0 Å². The number of aryl methyl sites for hydroxylation is 1. The van der Waals surface area contributed by atoms with Crippen LogP contribution in [0.25, 0.3) is 0 Å². The second kappa shape index (κ2) is 7.68. The van der Waals surface area contributed by atoms with Gasteiger partial charge in [-0.25, -0.2) is 13.1 Å². The molecule has 1 N–H and O–H groups in total. The molecule has 0 bridgehead atoms. The fraction of sp³-hybridized carbons (Fsp3) is 0.333. The fourth-order valence-corrected chi connectivity index (χ4v) is 3.97. The molecule has 0 radical (unpaired) electrons. The summed E-state index contributed by atoms with van der Waals surface area (Å²) < 4.78 is 38.1. The van der Waals surface area contributed by atoms with Gasteiger partial charge < -0.3 is 9.47 Å². The van der Waals surface area contributed by atoms with Gasteiger partial charge >= 0.3 is 0 Å². The predicted molar refractivity (Wildman–Crippen MR) is 94.9 cm³/mol. The first kappa shape index (κ1) is 18.3. The zero-order valence-electron chi connectivity index (χ0n) is 14.4. The molecule has 0 spiro atoms. The maximum atomic E-state index is 12.4. The Morgan fingerprint density at radius 2 is 1.71 bits per heavy atom. The molecule has 0 unspecified atom stereocenters. The standard InChI is InChI=1S/C18H23NO4S/c1-13-7-5-6-8-16(13)12-24(20,21)19-14(2)15-9-10-17(22-3)18(11-15)23-4/h5-11,14,19H,12H2,1-4H3/t14-/m0/s1. The van der Waals surface area contributed by atoms with Crippen molar-refractivity contribution in [1.82, 2.24) is 4.72 Å². The van der Waals surface area contributed by atoms with Crippen LogP contribution in [0.5, 0.6) is 11.5 Å². The van der Waals surface area contributed by atoms with Crippen molar-refractivity contribution in [3.05, 3.63) is 59.2 Å². The highest BCUT2D eigenvalue weighted by atomic mass is 32.2. The van der Waals surface area contributed by atoms with Gasteiger partial charge in [-0.1, -0.05) is 30.3 Å². The van der Waals surface area contributed by atoms with Crippen molar-refractivity contribution in [2.45, 2.75) is 25.6 Å². The molecule has 0 heterocycles. The molecule has 0 saturated carbocycles. The molecule has 1 atom stereocenters. The third kappa shape index (κ3) is 4.49. The number of hydrogen-bond donors (Lipinski definition) is 1. The van der Waals surface area contributed by atoms with Gasteiger partial charge in [-0.2, -0.15) is 0 Å². The van der Waals surface area contributed by atoms with E-state index in [4.69, 9.17) is 9.47 Å². The molecule has 130 valence electrons. The summed E-state index contributed by atoms with van der Waals surface area (Å²) in [6, 6.07) is 12.5. The molecule has 0 aliphatic heterocycles. The molecule has 0 aliphatic rings. The summed E-state index contributed by atoms with van der Waals surface area (Å²) in [5.74, 6) is 1.13. The van der Waals surface area contributed by atoms with Crippen molar-refractivity contribution in [1.29, 1.82) is 0 Å². The first-order chi connectivity index (χ1) is 11.4. The van der Waals surface area contributed by atoms with Crippen molar-refractivity contribution in [2.75, 3.05) is 14.2 Å². The Kier molecular flexibility index (Phi) is 5.85. The Morgan fingerprint density at radius 1 is 1.04 bits per heavy atom. The van der Waals surface area contributed by atoms with Gasteiger partial charge in [0.25, 0.3) is 0 Å². The van der Waals surface area contributed by atoms with Gasteiger partial charge in [-0.05, 0) is 42.7 Å². The molecule has 6 heteroatoms. The van der Waals surface area contributed by atoms with Crippen molar-refractivity contribution >= 4 is 10.0 Å². The molecule has 24 heavy (non-hydrogen) atoms. The first-order valence-electron chi connectivity index (χ1n) is 7.62. The van der Waals surface area contributed by atoms with Crippen LogP contribution in [-0.2, 0) is 15.8 Å². The Morgan fingerprint density at radius 3 is 2.33 bits per heavy atom. The molecule has 0 aromatic heterocycles. The average Bonchev–Trinajstić information content (AvgIpc) is 2.55. The molecule has 2 aromatic carbocycles. The monoisotopic (exact) mass is 349 g/mol. The number of benzene rings is 2. The van der Waals surface area contributed by atoms with Crippen molar-refractivity contribution in [2.24, 2.45) is 0 Å². The lowest BCUT2D eigenvalue weighted by Crippen LogP contribution is -2.28. The van der Waals surface area contributed by atoms with Crippen LogP contribution < -0.4 is 14.2 Å². The van der Waals surface area contributed by atoms with Gasteiger partial charge in [0, 0.05) is 6.04 Å². The minimum Gasteiger partial charge on any atom is -0.493 e. The third-order valence-electron chi connectivity index (χ3n) is 3.87. The Balaban J connectivity index is 2.16. The summed E-state index contributed by atoms with van der Waals surface area (Å²) in [5, 5.41) is 0. The van der Waals surface area contributed by atoms with E-state index in [1.165, 1.54) is 0 Å². The summed E-state index contributed by atoms with van der Waals surface area (Å²) in [4.78, 5) is 0. The molecule has 2 aromatic rings. The van der Waals surface area contributed by atoms with Gasteiger partial charge in [0.15, 0.2) is 11.5 Å². The Labute approximate surface area is 143 Å². The van der Waals surface area contributed by atoms with E-state index >= 15 is 0 Å². The van der Waals surface area contributed by atoms with Crippen LogP contribution in [0, 0.1) is 6.92 Å². The van der Waals surface area contributed by atoms with Crippen LogP contribution in [0.1, 0.15) is 29.7 Å². The summed E-state index contributed by atoms with van der Waals surface area (Å²) in [5.41, 5.74) is 2.56. The van der Waals surface area contributed by atoms with Crippen LogP contribution in [0.4, 0.5) is 0 Å². The number of rotatable bonds is 7. The lowest BCUT2D eigenvalue weighted by atomic mass is 10.1. The Bertz CT molecular complexity index is 802. The molecule has 0 saturated heterocycles. The highest BCUT2D eigenvalue weighted by Gasteiger charge is 2.18. The largest absolute Gasteiger partial charge is 0.493 e. The van der Waals surface area contributed by atoms with Crippen LogP contribution in [0.3, 0.4) is 0 Å². The van der Waals surface area contributed by atoms with Gasteiger partial charge in [0.05, 0.1) is 20.0 Å². The number of sulfonamides is 1. The number of nitrogens with one attached hydrogen (secondary N) is 1. The van der Waals surface area contributed by atoms with Crippen molar-refractivity contribution < 1.29 is 17.9 Å². The van der Waals surface area contributed by atoms with Crippen LogP contribution in [-0.4, -0.2) is 22.6 Å². The predicted octanol–water partition coefficient (Wildman–Crippen LogP) is 3.19. The molecule has 2 rings (SSSR count). The maximum absolute atomic E-state index is 12.4. The van der Waals surface area contributed by atoms with E-state index in [1.54, 1.807) is 33.3 Å². The molecular formula is C18H23NO4S. The quantitative estimate of drug-likeness (QED) is 0.834. The minimum absolute atomic E-state index is 0.0443. The van der Waals surface area contributed by atoms with Crippen molar-refractivity contribution in [3.8, 4) is 11.5 Å². The van der Waals surface area contributed by atoms with Gasteiger partial charge in [-0.3, -0.25) is 0 Å². The smallest absolute Gasteiger partial charge is 0.216 e. The van der Waals surface area contributed by atoms with Crippen LogP contribution >= 0.6 is 0 Å². The van der Waals surface area contributed by atoms with E-state index in [1.807, 2.05) is 37.3 Å². The summed E-state index contributed by atoms with van der Waals surface area (Å²) in [6.45, 7) is 3.71. The second-order valence-corrected chi connectivity index (χ2v) is 7.39. The van der Waals surface area contributed by atoms with E-state index in [0.29, 0.717) is 11.5 Å². The van der Waals surface area contributed by atoms with Gasteiger partial charge in [0.2, 0.25) is 10.0 Å². The maximum Gasteiger partial charge on any atom is 0.216 e. The number of hydrogen-bond acceptors (Lipinski definition) is 4. The third-order valence-corrected chi connectivity index (χ3v) is 5.27. The Hall–Kier alpha value is -2.05. The lowest BCUT2D eigenvalue weighted by molar-refractivity contribution is 0.354. The van der Waals surface area contributed by atoms with E-state index in [-0.39, 0.29) is 11.8 Å². The molecular weight excluding hydrogens is 326 g/mol. The summed E-state index contributed by atoms with van der Waals surface area (Å²) in [7, 11) is -0.350. The normalized spacial score (nSPS) is 12.7. The molecule has 0 aliphatic carbocycles. The summed E-state index contributed by atoms with van der Waals surface area (Å²) in [6.07, 6.45) is 0. The van der Waals surface area contributed by atoms with Gasteiger partial charge in [-0.15, -0.1) is 0 Å². The SMILES string of the molecule is COc1ccc([C@H](C)NS(=O)(=O)Cc2ccccc2C)cc1OC. The minimum atomic E-state index is -3.46. The van der Waals surface area contributed by atoms with Crippen LogP contribution in [0.2, 0.25) is 0 Å². The second-order valence-electron chi connectivity index (χ2n) is 5.64. The molecule has 0 fully saturated rings. The number of ether oxygens (including phenoxy) is 2. The van der Waals surface area contributed by atoms with Crippen LogP contribution in [0.15, 0.2) is 42.5 Å². The van der Waals surface area contributed by atoms with Crippen molar-refractivity contribution in [3.63, 3.8) is 0 Å². The molecule has 0 amide bonds. The molecule has 5 nitrogen and oxygen atoms in total. The van der Waals surface area contributed by atoms with E-state index in [0.717, 1.165) is 16.7 Å². The highest BCUT2D eigenvalue weighted by molar-refractivity contribution is 7.88. The summed E-state index contributed by atoms with van der Waals surface area (Å²) >= 11 is 0. The fourth-order valence-electron chi connectivity index (χ4n) is 2.48. The first-order valence-corrected chi connectivity index (χ1v) is 9.28. The lowest BCUT2D eigenvalue weighted by Gasteiger charge is -2.17. The zero-order chi connectivity index (χ0) is 17.7. The van der Waals surface area contributed by atoms with E-state index in [9.17, 15) is 8.42 Å². The van der Waals surface area contributed by atoms with E-state index in [2.05, 4.69) is 4.72 Å².